The lowest BCUT2D eigenvalue weighted by Gasteiger charge is -2.14. The number of para-hydroxylation sites is 1. The van der Waals surface area contributed by atoms with E-state index in [1.165, 1.54) is 24.3 Å². The molecule has 0 aliphatic heterocycles. The molecule has 0 saturated heterocycles. The zero-order valence-electron chi connectivity index (χ0n) is 20.8. The van der Waals surface area contributed by atoms with E-state index >= 15 is 0 Å². The molecular formula is C27H25F3N6OS. The van der Waals surface area contributed by atoms with E-state index < -0.39 is 6.36 Å². The quantitative estimate of drug-likeness (QED) is 0.156. The molecule has 0 saturated carbocycles. The molecule has 0 radical (unpaired) electrons. The van der Waals surface area contributed by atoms with Crippen molar-refractivity contribution < 1.29 is 17.9 Å². The van der Waals surface area contributed by atoms with E-state index in [2.05, 4.69) is 50.6 Å². The van der Waals surface area contributed by atoms with Gasteiger partial charge in [-0.3, -0.25) is 15.1 Å². The Morgan fingerprint density at radius 3 is 2.50 bits per heavy atom. The highest BCUT2D eigenvalue weighted by Crippen LogP contribution is 2.26. The molecule has 0 atom stereocenters. The lowest BCUT2D eigenvalue weighted by atomic mass is 10.0. The number of aryl methyl sites for hydroxylation is 1. The second-order valence-electron chi connectivity index (χ2n) is 8.65. The molecule has 0 amide bonds. The number of aromatic nitrogens is 2. The second kappa shape index (κ2) is 11.4. The highest BCUT2D eigenvalue weighted by Gasteiger charge is 2.30. The first kappa shape index (κ1) is 26.8. The number of hydrazone groups is 1. The maximum Gasteiger partial charge on any atom is 0.573 e. The minimum absolute atomic E-state index is 0.305. The smallest absolute Gasteiger partial charge is 0.406 e. The Balaban J connectivity index is 1.42. The first-order valence-corrected chi connectivity index (χ1v) is 12.1. The molecule has 196 valence electrons. The van der Waals surface area contributed by atoms with Crippen molar-refractivity contribution in [3.63, 3.8) is 0 Å². The van der Waals surface area contributed by atoms with Gasteiger partial charge in [-0.05, 0) is 71.7 Å². The predicted molar refractivity (Wildman–Crippen MR) is 149 cm³/mol. The number of nitrogens with zero attached hydrogens (tertiary/aromatic N) is 4. The van der Waals surface area contributed by atoms with E-state index in [0.29, 0.717) is 22.4 Å². The van der Waals surface area contributed by atoms with E-state index in [-0.39, 0.29) is 5.75 Å². The fourth-order valence-corrected chi connectivity index (χ4v) is 3.94. The van der Waals surface area contributed by atoms with Gasteiger partial charge in [0, 0.05) is 18.1 Å². The van der Waals surface area contributed by atoms with Crippen molar-refractivity contribution in [1.29, 1.82) is 0 Å². The zero-order valence-corrected chi connectivity index (χ0v) is 21.6. The van der Waals surface area contributed by atoms with E-state index in [4.69, 9.17) is 12.2 Å². The van der Waals surface area contributed by atoms with Crippen LogP contribution in [0.1, 0.15) is 36.6 Å². The van der Waals surface area contributed by atoms with Crippen molar-refractivity contribution in [3.8, 4) is 5.75 Å². The van der Waals surface area contributed by atoms with Crippen LogP contribution in [-0.4, -0.2) is 33.7 Å². The monoisotopic (exact) mass is 538 g/mol. The Morgan fingerprint density at radius 1 is 1.05 bits per heavy atom. The van der Waals surface area contributed by atoms with Crippen LogP contribution in [0.3, 0.4) is 0 Å². The zero-order chi connectivity index (χ0) is 27.3. The summed E-state index contributed by atoms with van der Waals surface area (Å²) in [6.45, 7) is 4.24. The fraction of sp³-hybridized carbons (Fsp3) is 0.185. The number of aliphatic imine (C=N–C) groups is 1. The van der Waals surface area contributed by atoms with Crippen molar-refractivity contribution in [2.24, 2.45) is 17.1 Å². The molecule has 38 heavy (non-hydrogen) atoms. The Labute approximate surface area is 223 Å². The number of halogens is 3. The first-order valence-electron chi connectivity index (χ1n) is 11.6. The van der Waals surface area contributed by atoms with Crippen molar-refractivity contribution in [2.45, 2.75) is 26.1 Å². The Bertz CT molecular complexity index is 1490. The first-order chi connectivity index (χ1) is 18.1. The van der Waals surface area contributed by atoms with Gasteiger partial charge >= 0.3 is 6.36 Å². The van der Waals surface area contributed by atoms with Crippen molar-refractivity contribution in [2.75, 3.05) is 5.32 Å². The number of benzene rings is 3. The highest BCUT2D eigenvalue weighted by molar-refractivity contribution is 7.80. The van der Waals surface area contributed by atoms with Gasteiger partial charge in [0.25, 0.3) is 0 Å². The molecule has 3 aromatic carbocycles. The third kappa shape index (κ3) is 6.94. The SMILES string of the molecule is CC(C)c1ccccc1NC(=S)NN=Cc1ccc2c(/C=N/c3ccc(OC(F)(F)F)cc3)nn(C)c2c1. The van der Waals surface area contributed by atoms with E-state index in [0.717, 1.165) is 27.7 Å². The number of ether oxygens (including phenoxy) is 1. The maximum absolute atomic E-state index is 12.3. The highest BCUT2D eigenvalue weighted by atomic mass is 32.1. The van der Waals surface area contributed by atoms with Crippen molar-refractivity contribution in [1.82, 2.24) is 15.2 Å². The number of rotatable bonds is 7. The van der Waals surface area contributed by atoms with Crippen molar-refractivity contribution >= 4 is 52.0 Å². The van der Waals surface area contributed by atoms with Gasteiger partial charge in [-0.2, -0.15) is 10.2 Å². The van der Waals surface area contributed by atoms with Crippen LogP contribution in [0.15, 0.2) is 76.8 Å². The predicted octanol–water partition coefficient (Wildman–Crippen LogP) is 6.67. The summed E-state index contributed by atoms with van der Waals surface area (Å²) >= 11 is 5.38. The van der Waals surface area contributed by atoms with Crippen LogP contribution in [0.5, 0.6) is 5.75 Å². The molecule has 11 heteroatoms. The summed E-state index contributed by atoms with van der Waals surface area (Å²) in [7, 11) is 1.81. The number of alkyl halides is 3. The average Bonchev–Trinajstić information content (AvgIpc) is 3.17. The average molecular weight is 539 g/mol. The number of hydrogen-bond acceptors (Lipinski definition) is 5. The lowest BCUT2D eigenvalue weighted by molar-refractivity contribution is -0.274. The van der Waals surface area contributed by atoms with Crippen LogP contribution in [-0.2, 0) is 7.05 Å². The molecule has 0 aliphatic carbocycles. The second-order valence-corrected chi connectivity index (χ2v) is 9.06. The molecule has 0 fully saturated rings. The topological polar surface area (TPSA) is 75.8 Å². The Kier molecular flexibility index (Phi) is 8.06. The van der Waals surface area contributed by atoms with E-state index in [9.17, 15) is 13.2 Å². The van der Waals surface area contributed by atoms with Crippen LogP contribution in [0, 0.1) is 0 Å². The minimum Gasteiger partial charge on any atom is -0.406 e. The number of hydrogen-bond donors (Lipinski definition) is 2. The maximum atomic E-state index is 12.3. The molecule has 4 aromatic rings. The van der Waals surface area contributed by atoms with Crippen LogP contribution < -0.4 is 15.5 Å². The molecule has 2 N–H and O–H groups in total. The number of thiocarbonyl (C=S) groups is 1. The van der Waals surface area contributed by atoms with Crippen LogP contribution in [0.2, 0.25) is 0 Å². The fourth-order valence-electron chi connectivity index (χ4n) is 3.78. The van der Waals surface area contributed by atoms with Gasteiger partial charge in [0.2, 0.25) is 0 Å². The third-order valence-electron chi connectivity index (χ3n) is 5.52. The molecule has 1 heterocycles. The largest absolute Gasteiger partial charge is 0.573 e. The number of nitrogens with one attached hydrogen (secondary N) is 2. The molecular weight excluding hydrogens is 513 g/mol. The summed E-state index contributed by atoms with van der Waals surface area (Å²) in [6.07, 6.45) is -1.51. The van der Waals surface area contributed by atoms with Gasteiger partial charge in [-0.15, -0.1) is 13.2 Å². The summed E-state index contributed by atoms with van der Waals surface area (Å²) < 4.78 is 42.6. The summed E-state index contributed by atoms with van der Waals surface area (Å²) in [5.74, 6) is 0.0457. The molecule has 1 aromatic heterocycles. The van der Waals surface area contributed by atoms with Crippen LogP contribution >= 0.6 is 12.2 Å². The molecule has 0 unspecified atom stereocenters. The van der Waals surface area contributed by atoms with Gasteiger partial charge in [0.05, 0.1) is 23.6 Å². The standard InChI is InChI=1S/C27H25F3N6OS/c1-17(2)21-6-4-5-7-23(21)33-26(38)34-32-15-18-8-13-22-24(35-36(3)25(22)14-18)16-31-19-9-11-20(12-10-19)37-27(28,29)30/h4-17H,1-3H3,(H2,33,34,38)/b31-16+,32-15?. The molecule has 4 rings (SSSR count). The number of fused-ring (bicyclic) bond motifs is 1. The van der Waals surface area contributed by atoms with E-state index in [1.807, 2.05) is 43.4 Å². The van der Waals surface area contributed by atoms with Gasteiger partial charge in [0.1, 0.15) is 11.4 Å². The molecule has 0 spiro atoms. The van der Waals surface area contributed by atoms with Crippen molar-refractivity contribution in [3.05, 3.63) is 83.6 Å². The van der Waals surface area contributed by atoms with E-state index in [1.54, 1.807) is 17.1 Å². The Hall–Kier alpha value is -4.25. The molecule has 0 aliphatic rings. The molecule has 0 bridgehead atoms. The third-order valence-corrected chi connectivity index (χ3v) is 5.71. The van der Waals surface area contributed by atoms with Crippen LogP contribution in [0.25, 0.3) is 10.9 Å². The lowest BCUT2D eigenvalue weighted by Crippen LogP contribution is -2.24. The number of anilines is 1. The molecule has 7 nitrogen and oxygen atoms in total. The Morgan fingerprint density at radius 2 is 1.79 bits per heavy atom. The minimum atomic E-state index is -4.74. The summed E-state index contributed by atoms with van der Waals surface area (Å²) in [4.78, 5) is 4.32. The van der Waals surface area contributed by atoms with Crippen LogP contribution in [0.4, 0.5) is 24.5 Å². The summed E-state index contributed by atoms with van der Waals surface area (Å²) in [6, 6.07) is 19.0. The normalized spacial score (nSPS) is 12.1. The summed E-state index contributed by atoms with van der Waals surface area (Å²) in [5, 5.41) is 13.2. The van der Waals surface area contributed by atoms with Gasteiger partial charge in [-0.25, -0.2) is 0 Å². The van der Waals surface area contributed by atoms with Gasteiger partial charge in [0.15, 0.2) is 5.11 Å². The van der Waals surface area contributed by atoms with Gasteiger partial charge < -0.3 is 10.1 Å². The van der Waals surface area contributed by atoms with Gasteiger partial charge in [-0.1, -0.05) is 38.1 Å². The summed E-state index contributed by atoms with van der Waals surface area (Å²) in [5.41, 5.74) is 7.72.